The molecular weight excluding hydrogens is 223 g/mol. The Morgan fingerprint density at radius 2 is 2.29 bits per heavy atom. The Kier molecular flexibility index (Phi) is 4.90. The number of rotatable bonds is 5. The number of benzene rings is 1. The average molecular weight is 240 g/mol. The second kappa shape index (κ2) is 6.20. The molecule has 0 radical (unpaired) electrons. The van der Waals surface area contributed by atoms with Gasteiger partial charge in [0.15, 0.2) is 0 Å². The topological polar surface area (TPSA) is 64.3 Å². The number of nitrogen functional groups attached to an aromatic ring is 1. The van der Waals surface area contributed by atoms with E-state index in [2.05, 4.69) is 5.32 Å². The molecule has 4 nitrogen and oxygen atoms in total. The molecule has 0 saturated heterocycles. The van der Waals surface area contributed by atoms with Crippen LogP contribution in [0.4, 0.5) is 10.1 Å². The van der Waals surface area contributed by atoms with Gasteiger partial charge in [-0.15, -0.1) is 0 Å². The molecule has 94 valence electrons. The third-order valence-corrected chi connectivity index (χ3v) is 2.26. The lowest BCUT2D eigenvalue weighted by Gasteiger charge is -2.12. The lowest BCUT2D eigenvalue weighted by molar-refractivity contribution is 0.0695. The van der Waals surface area contributed by atoms with E-state index >= 15 is 0 Å². The fraction of sp³-hybridized carbons (Fsp3) is 0.417. The molecule has 0 spiro atoms. The van der Waals surface area contributed by atoms with Gasteiger partial charge in [0.25, 0.3) is 5.91 Å². The van der Waals surface area contributed by atoms with E-state index in [9.17, 15) is 9.18 Å². The molecule has 5 heteroatoms. The second-order valence-electron chi connectivity index (χ2n) is 3.71. The molecule has 0 aliphatic rings. The van der Waals surface area contributed by atoms with Crippen LogP contribution < -0.4 is 11.1 Å². The third-order valence-electron chi connectivity index (χ3n) is 2.26. The van der Waals surface area contributed by atoms with Crippen molar-refractivity contribution < 1.29 is 13.9 Å². The first-order valence-electron chi connectivity index (χ1n) is 5.49. The quantitative estimate of drug-likeness (QED) is 0.768. The molecule has 17 heavy (non-hydrogen) atoms. The number of ether oxygens (including phenoxy) is 1. The Morgan fingerprint density at radius 3 is 2.88 bits per heavy atom. The molecule has 1 rings (SSSR count). The smallest absolute Gasteiger partial charge is 0.251 e. The van der Waals surface area contributed by atoms with Gasteiger partial charge in [-0.2, -0.15) is 0 Å². The number of anilines is 1. The fourth-order valence-corrected chi connectivity index (χ4v) is 1.37. The van der Waals surface area contributed by atoms with Gasteiger partial charge in [-0.25, -0.2) is 4.39 Å². The summed E-state index contributed by atoms with van der Waals surface area (Å²) >= 11 is 0. The van der Waals surface area contributed by atoms with E-state index in [4.69, 9.17) is 10.5 Å². The number of nitrogens with one attached hydrogen (secondary N) is 1. The van der Waals surface area contributed by atoms with Gasteiger partial charge < -0.3 is 15.8 Å². The molecule has 0 aliphatic heterocycles. The van der Waals surface area contributed by atoms with E-state index in [1.165, 1.54) is 18.2 Å². The highest BCUT2D eigenvalue weighted by Crippen LogP contribution is 2.11. The van der Waals surface area contributed by atoms with Crippen LogP contribution in [0.25, 0.3) is 0 Å². The van der Waals surface area contributed by atoms with Gasteiger partial charge in [-0.1, -0.05) is 0 Å². The summed E-state index contributed by atoms with van der Waals surface area (Å²) in [5.41, 5.74) is 5.69. The highest BCUT2D eigenvalue weighted by Gasteiger charge is 2.09. The van der Waals surface area contributed by atoms with E-state index in [1.54, 1.807) is 0 Å². The Labute approximate surface area is 100.0 Å². The fourth-order valence-electron chi connectivity index (χ4n) is 1.37. The molecule has 1 amide bonds. The van der Waals surface area contributed by atoms with Gasteiger partial charge in [-0.3, -0.25) is 4.79 Å². The minimum Gasteiger partial charge on any atom is -0.396 e. The van der Waals surface area contributed by atoms with Crippen molar-refractivity contribution in [3.8, 4) is 0 Å². The van der Waals surface area contributed by atoms with Gasteiger partial charge in [0.2, 0.25) is 0 Å². The largest absolute Gasteiger partial charge is 0.396 e. The molecule has 3 N–H and O–H groups in total. The monoisotopic (exact) mass is 240 g/mol. The molecule has 0 bridgehead atoms. The maximum atomic E-state index is 12.9. The van der Waals surface area contributed by atoms with Crippen molar-refractivity contribution in [2.75, 3.05) is 18.9 Å². The molecular formula is C12H17FN2O2. The lowest BCUT2D eigenvalue weighted by atomic mass is 10.2. The zero-order valence-electron chi connectivity index (χ0n) is 10.00. The van der Waals surface area contributed by atoms with E-state index in [0.717, 1.165) is 0 Å². The maximum Gasteiger partial charge on any atom is 0.251 e. The van der Waals surface area contributed by atoms with Crippen LogP contribution in [-0.2, 0) is 4.74 Å². The van der Waals surface area contributed by atoms with Gasteiger partial charge >= 0.3 is 0 Å². The van der Waals surface area contributed by atoms with Crippen LogP contribution in [0, 0.1) is 5.82 Å². The van der Waals surface area contributed by atoms with E-state index in [-0.39, 0.29) is 17.7 Å². The van der Waals surface area contributed by atoms with Crippen LogP contribution >= 0.6 is 0 Å². The highest BCUT2D eigenvalue weighted by molar-refractivity contribution is 5.95. The zero-order valence-corrected chi connectivity index (χ0v) is 10.00. The summed E-state index contributed by atoms with van der Waals surface area (Å²) in [7, 11) is 0. The van der Waals surface area contributed by atoms with Crippen LogP contribution in [0.5, 0.6) is 0 Å². The minimum atomic E-state index is -0.524. The van der Waals surface area contributed by atoms with Gasteiger partial charge in [-0.05, 0) is 32.0 Å². The molecule has 1 unspecified atom stereocenters. The van der Waals surface area contributed by atoms with Crippen molar-refractivity contribution in [2.24, 2.45) is 0 Å². The normalized spacial score (nSPS) is 12.2. The van der Waals surface area contributed by atoms with Crippen LogP contribution in [0.1, 0.15) is 24.2 Å². The second-order valence-corrected chi connectivity index (χ2v) is 3.71. The molecule has 0 aliphatic carbocycles. The van der Waals surface area contributed by atoms with E-state index < -0.39 is 5.82 Å². The number of hydrogen-bond donors (Lipinski definition) is 2. The van der Waals surface area contributed by atoms with E-state index in [0.29, 0.717) is 18.7 Å². The molecule has 0 fully saturated rings. The number of nitrogens with two attached hydrogens (primary N) is 1. The van der Waals surface area contributed by atoms with Crippen LogP contribution in [-0.4, -0.2) is 25.2 Å². The SMILES string of the molecule is CCOC(C)CNC(=O)c1ccc(F)c(N)c1. The molecule has 1 atom stereocenters. The number of carbonyl (C=O) groups excluding carboxylic acids is 1. The first-order chi connectivity index (χ1) is 8.04. The van der Waals surface area contributed by atoms with Crippen LogP contribution in [0.3, 0.4) is 0 Å². The first-order valence-corrected chi connectivity index (χ1v) is 5.49. The summed E-state index contributed by atoms with van der Waals surface area (Å²) in [6.45, 7) is 4.76. The summed E-state index contributed by atoms with van der Waals surface area (Å²) in [6.07, 6.45) is -0.0539. The number of halogens is 1. The lowest BCUT2D eigenvalue weighted by Crippen LogP contribution is -2.32. The first kappa shape index (κ1) is 13.4. The Bertz CT molecular complexity index is 396. The number of hydrogen-bond acceptors (Lipinski definition) is 3. The minimum absolute atomic E-state index is 0.0319. The van der Waals surface area contributed by atoms with Crippen molar-refractivity contribution >= 4 is 11.6 Å². The summed E-state index contributed by atoms with van der Waals surface area (Å²) in [5, 5.41) is 2.69. The van der Waals surface area contributed by atoms with Crippen molar-refractivity contribution in [2.45, 2.75) is 20.0 Å². The van der Waals surface area contributed by atoms with Crippen molar-refractivity contribution in [1.82, 2.24) is 5.32 Å². The predicted molar refractivity (Wildman–Crippen MR) is 64.2 cm³/mol. The van der Waals surface area contributed by atoms with Crippen LogP contribution in [0.2, 0.25) is 0 Å². The molecule has 1 aromatic rings. The summed E-state index contributed by atoms with van der Waals surface area (Å²) in [4.78, 5) is 11.7. The summed E-state index contributed by atoms with van der Waals surface area (Å²) in [6, 6.07) is 3.89. The molecule has 0 saturated carbocycles. The van der Waals surface area contributed by atoms with Crippen molar-refractivity contribution in [3.63, 3.8) is 0 Å². The van der Waals surface area contributed by atoms with E-state index in [1.807, 2.05) is 13.8 Å². The maximum absolute atomic E-state index is 12.9. The standard InChI is InChI=1S/C12H17FN2O2/c1-3-17-8(2)7-15-12(16)9-4-5-10(13)11(14)6-9/h4-6,8H,3,7,14H2,1-2H3,(H,15,16). The Morgan fingerprint density at radius 1 is 1.59 bits per heavy atom. The predicted octanol–water partition coefficient (Wildman–Crippen LogP) is 1.56. The summed E-state index contributed by atoms with van der Waals surface area (Å²) < 4.78 is 18.2. The number of amides is 1. The van der Waals surface area contributed by atoms with Crippen molar-refractivity contribution in [1.29, 1.82) is 0 Å². The summed E-state index contributed by atoms with van der Waals surface area (Å²) in [5.74, 6) is -0.813. The molecule has 1 aromatic carbocycles. The van der Waals surface area contributed by atoms with Crippen LogP contribution in [0.15, 0.2) is 18.2 Å². The number of carbonyl (C=O) groups is 1. The highest BCUT2D eigenvalue weighted by atomic mass is 19.1. The molecule has 0 aromatic heterocycles. The van der Waals surface area contributed by atoms with Crippen molar-refractivity contribution in [3.05, 3.63) is 29.6 Å². The molecule has 0 heterocycles. The van der Waals surface area contributed by atoms with Gasteiger partial charge in [0.05, 0.1) is 11.8 Å². The van der Waals surface area contributed by atoms with Gasteiger partial charge in [0, 0.05) is 18.7 Å². The average Bonchev–Trinajstić information content (AvgIpc) is 2.30. The Balaban J connectivity index is 2.55. The Hall–Kier alpha value is -1.62. The van der Waals surface area contributed by atoms with Gasteiger partial charge in [0.1, 0.15) is 5.82 Å². The third kappa shape index (κ3) is 4.03. The zero-order chi connectivity index (χ0) is 12.8.